The number of carbonyl (C=O) groups excluding carboxylic acids is 2. The first-order valence-corrected chi connectivity index (χ1v) is 11.5. The zero-order valence-electron chi connectivity index (χ0n) is 19.5. The molecule has 1 aliphatic carbocycles. The van der Waals surface area contributed by atoms with Gasteiger partial charge in [0.25, 0.3) is 0 Å². The average molecular weight is 487 g/mol. The zero-order chi connectivity index (χ0) is 25.1. The standard InChI is InChI=1S/C27H23FN4O4/c1-17-25(29-27(34)35-16-18-2-10-22(28)11-3-18)32(31-30-17)23-12-6-19(7-13-23)20-8-14-24(15-9-20)36-26(33)21-4-5-21/h2-3,6-15,21H,4-5,16H2,1H3,(H,29,34). The van der Waals surface area contributed by atoms with E-state index in [9.17, 15) is 14.0 Å². The van der Waals surface area contributed by atoms with Crippen LogP contribution in [0.2, 0.25) is 0 Å². The molecule has 0 unspecified atom stereocenters. The number of nitrogens with zero attached hydrogens (tertiary/aromatic N) is 3. The molecule has 0 saturated heterocycles. The van der Waals surface area contributed by atoms with Crippen molar-refractivity contribution < 1.29 is 23.5 Å². The van der Waals surface area contributed by atoms with Crippen LogP contribution in [0.3, 0.4) is 0 Å². The highest BCUT2D eigenvalue weighted by molar-refractivity contribution is 5.84. The summed E-state index contributed by atoms with van der Waals surface area (Å²) in [6.45, 7) is 1.73. The molecule has 36 heavy (non-hydrogen) atoms. The van der Waals surface area contributed by atoms with E-state index in [0.717, 1.165) is 24.0 Å². The van der Waals surface area contributed by atoms with Gasteiger partial charge in [0, 0.05) is 0 Å². The lowest BCUT2D eigenvalue weighted by Crippen LogP contribution is -2.17. The van der Waals surface area contributed by atoms with Crippen LogP contribution in [-0.2, 0) is 16.1 Å². The van der Waals surface area contributed by atoms with Crippen molar-refractivity contribution in [1.29, 1.82) is 0 Å². The monoisotopic (exact) mass is 486 g/mol. The zero-order valence-corrected chi connectivity index (χ0v) is 19.5. The molecule has 182 valence electrons. The van der Waals surface area contributed by atoms with Gasteiger partial charge in [-0.1, -0.05) is 41.6 Å². The summed E-state index contributed by atoms with van der Waals surface area (Å²) in [4.78, 5) is 24.2. The summed E-state index contributed by atoms with van der Waals surface area (Å²) >= 11 is 0. The number of hydrogen-bond donors (Lipinski definition) is 1. The highest BCUT2D eigenvalue weighted by Gasteiger charge is 2.31. The fourth-order valence-corrected chi connectivity index (χ4v) is 3.57. The summed E-state index contributed by atoms with van der Waals surface area (Å²) in [6, 6.07) is 20.6. The SMILES string of the molecule is Cc1nnn(-c2ccc(-c3ccc(OC(=O)C4CC4)cc3)cc2)c1NC(=O)OCc1ccc(F)cc1. The van der Waals surface area contributed by atoms with E-state index < -0.39 is 6.09 Å². The minimum atomic E-state index is -0.676. The second-order valence-corrected chi connectivity index (χ2v) is 8.53. The summed E-state index contributed by atoms with van der Waals surface area (Å²) in [5, 5.41) is 10.9. The maximum atomic E-state index is 13.0. The smallest absolute Gasteiger partial charge is 0.413 e. The lowest BCUT2D eigenvalue weighted by Gasteiger charge is -2.11. The number of aryl methyl sites for hydroxylation is 1. The van der Waals surface area contributed by atoms with Crippen LogP contribution in [0.4, 0.5) is 15.0 Å². The van der Waals surface area contributed by atoms with Crippen molar-refractivity contribution in [2.45, 2.75) is 26.4 Å². The predicted octanol–water partition coefficient (Wildman–Crippen LogP) is 5.45. The van der Waals surface area contributed by atoms with Crippen molar-refractivity contribution in [3.63, 3.8) is 0 Å². The summed E-state index contributed by atoms with van der Waals surface area (Å²) in [5.74, 6) is 0.444. The summed E-state index contributed by atoms with van der Waals surface area (Å²) in [5.41, 5.74) is 3.81. The van der Waals surface area contributed by atoms with E-state index in [1.807, 2.05) is 36.4 Å². The Hall–Kier alpha value is -4.53. The van der Waals surface area contributed by atoms with Gasteiger partial charge in [-0.3, -0.25) is 10.1 Å². The second kappa shape index (κ2) is 9.99. The molecule has 8 nitrogen and oxygen atoms in total. The molecule has 1 N–H and O–H groups in total. The van der Waals surface area contributed by atoms with Gasteiger partial charge in [-0.2, -0.15) is 4.68 Å². The van der Waals surface area contributed by atoms with Gasteiger partial charge in [0.15, 0.2) is 5.82 Å². The van der Waals surface area contributed by atoms with Crippen molar-refractivity contribution in [1.82, 2.24) is 15.0 Å². The van der Waals surface area contributed by atoms with E-state index in [4.69, 9.17) is 9.47 Å². The maximum Gasteiger partial charge on any atom is 0.413 e. The Morgan fingerprint density at radius 1 is 0.972 bits per heavy atom. The number of rotatable bonds is 7. The Kier molecular flexibility index (Phi) is 6.44. The molecule has 9 heteroatoms. The molecule has 0 bridgehead atoms. The van der Waals surface area contributed by atoms with Crippen molar-refractivity contribution in [3.8, 4) is 22.6 Å². The number of anilines is 1. The van der Waals surface area contributed by atoms with Crippen molar-refractivity contribution >= 4 is 17.9 Å². The van der Waals surface area contributed by atoms with Gasteiger partial charge in [-0.15, -0.1) is 5.10 Å². The molecule has 4 aromatic rings. The fraction of sp³-hybridized carbons (Fsp3) is 0.185. The topological polar surface area (TPSA) is 95.3 Å². The number of esters is 1. The Morgan fingerprint density at radius 2 is 1.61 bits per heavy atom. The van der Waals surface area contributed by atoms with Crippen LogP contribution in [-0.4, -0.2) is 27.1 Å². The highest BCUT2D eigenvalue weighted by Crippen LogP contribution is 2.31. The van der Waals surface area contributed by atoms with Gasteiger partial charge in [0.2, 0.25) is 0 Å². The Labute approximate surface area is 206 Å². The van der Waals surface area contributed by atoms with E-state index in [1.165, 1.54) is 16.8 Å². The second-order valence-electron chi connectivity index (χ2n) is 8.53. The maximum absolute atomic E-state index is 13.0. The van der Waals surface area contributed by atoms with Gasteiger partial charge < -0.3 is 9.47 Å². The Bertz CT molecular complexity index is 1380. The van der Waals surface area contributed by atoms with Crippen LogP contribution >= 0.6 is 0 Å². The van der Waals surface area contributed by atoms with Crippen LogP contribution in [0, 0.1) is 18.7 Å². The normalized spacial score (nSPS) is 12.7. The Balaban J connectivity index is 1.24. The van der Waals surface area contributed by atoms with Crippen LogP contribution in [0.5, 0.6) is 5.75 Å². The first-order valence-electron chi connectivity index (χ1n) is 11.5. The number of aromatic nitrogens is 3. The molecule has 0 atom stereocenters. The summed E-state index contributed by atoms with van der Waals surface area (Å²) < 4.78 is 25.2. The lowest BCUT2D eigenvalue weighted by atomic mass is 10.1. The van der Waals surface area contributed by atoms with Crippen molar-refractivity contribution in [2.75, 3.05) is 5.32 Å². The van der Waals surface area contributed by atoms with Gasteiger partial charge in [0.05, 0.1) is 11.6 Å². The molecule has 0 spiro atoms. The molecule has 3 aromatic carbocycles. The number of carbonyl (C=O) groups is 2. The molecule has 1 aromatic heterocycles. The third kappa shape index (κ3) is 5.41. The third-order valence-corrected chi connectivity index (χ3v) is 5.77. The summed E-state index contributed by atoms with van der Waals surface area (Å²) in [7, 11) is 0. The fourth-order valence-electron chi connectivity index (χ4n) is 3.57. The molecule has 1 heterocycles. The average Bonchev–Trinajstić information content (AvgIpc) is 3.69. The summed E-state index contributed by atoms with van der Waals surface area (Å²) in [6.07, 6.45) is 1.14. The molecule has 0 radical (unpaired) electrons. The van der Waals surface area contributed by atoms with Gasteiger partial charge >= 0.3 is 12.1 Å². The molecular weight excluding hydrogens is 463 g/mol. The van der Waals surface area contributed by atoms with Crippen LogP contribution in [0.15, 0.2) is 72.8 Å². The van der Waals surface area contributed by atoms with Crippen LogP contribution in [0.25, 0.3) is 16.8 Å². The number of amides is 1. The van der Waals surface area contributed by atoms with E-state index >= 15 is 0 Å². The minimum Gasteiger partial charge on any atom is -0.444 e. The molecule has 0 aliphatic heterocycles. The first kappa shape index (κ1) is 23.2. The number of hydrogen-bond acceptors (Lipinski definition) is 6. The highest BCUT2D eigenvalue weighted by atomic mass is 19.1. The molecule has 1 aliphatic rings. The van der Waals surface area contributed by atoms with Crippen molar-refractivity contribution in [2.24, 2.45) is 5.92 Å². The van der Waals surface area contributed by atoms with Gasteiger partial charge in [0.1, 0.15) is 23.9 Å². The van der Waals surface area contributed by atoms with Crippen LogP contribution < -0.4 is 10.1 Å². The van der Waals surface area contributed by atoms with Gasteiger partial charge in [-0.25, -0.2) is 9.18 Å². The quantitative estimate of drug-likeness (QED) is 0.276. The van der Waals surface area contributed by atoms with Crippen molar-refractivity contribution in [3.05, 3.63) is 89.9 Å². The van der Waals surface area contributed by atoms with E-state index in [1.54, 1.807) is 31.2 Å². The molecule has 1 fully saturated rings. The number of benzene rings is 3. The number of nitrogens with one attached hydrogen (secondary N) is 1. The van der Waals surface area contributed by atoms with Crippen LogP contribution in [0.1, 0.15) is 24.1 Å². The molecule has 1 saturated carbocycles. The van der Waals surface area contributed by atoms with Gasteiger partial charge in [-0.05, 0) is 72.9 Å². The molecule has 5 rings (SSSR count). The van der Waals surface area contributed by atoms with E-state index in [2.05, 4.69) is 15.6 Å². The van der Waals surface area contributed by atoms with E-state index in [0.29, 0.717) is 28.5 Å². The largest absolute Gasteiger partial charge is 0.444 e. The Morgan fingerprint density at radius 3 is 2.25 bits per heavy atom. The van der Waals surface area contributed by atoms with E-state index in [-0.39, 0.29) is 24.3 Å². The number of halogens is 1. The molecule has 1 amide bonds. The molecular formula is C27H23FN4O4. The number of ether oxygens (including phenoxy) is 2. The third-order valence-electron chi connectivity index (χ3n) is 5.77. The first-order chi connectivity index (χ1) is 17.5. The lowest BCUT2D eigenvalue weighted by molar-refractivity contribution is -0.135. The minimum absolute atomic E-state index is 0.00000471. The predicted molar refractivity (Wildman–Crippen MR) is 130 cm³/mol.